The summed E-state index contributed by atoms with van der Waals surface area (Å²) >= 11 is 0. The van der Waals surface area contributed by atoms with E-state index in [1.165, 1.54) is 38.5 Å². The zero-order chi connectivity index (χ0) is 18.4. The van der Waals surface area contributed by atoms with Gasteiger partial charge in [0, 0.05) is 11.1 Å². The molecule has 6 nitrogen and oxygen atoms in total. The van der Waals surface area contributed by atoms with Gasteiger partial charge in [0.1, 0.15) is 5.75 Å². The quantitative estimate of drug-likeness (QED) is 0.594. The summed E-state index contributed by atoms with van der Waals surface area (Å²) in [5.74, 6) is -0.404. The lowest BCUT2D eigenvalue weighted by Gasteiger charge is -2.07. The molecule has 0 aliphatic heterocycles. The number of phenolic OH excluding ortho intramolecular Hbond substituents is 1. The molecule has 0 bridgehead atoms. The SMILES string of the molecule is COc1ccc(/C=C/C(=O)c2ccc(O)c(CC(=O)O)c2)cc1OC. The highest BCUT2D eigenvalue weighted by Gasteiger charge is 2.10. The Morgan fingerprint density at radius 3 is 2.40 bits per heavy atom. The number of benzene rings is 2. The van der Waals surface area contributed by atoms with Gasteiger partial charge in [-0.3, -0.25) is 9.59 Å². The molecular formula is C19H18O6. The number of carbonyl (C=O) groups is 2. The summed E-state index contributed by atoms with van der Waals surface area (Å²) in [7, 11) is 3.06. The summed E-state index contributed by atoms with van der Waals surface area (Å²) in [4.78, 5) is 23.1. The minimum atomic E-state index is -1.08. The zero-order valence-electron chi connectivity index (χ0n) is 13.9. The highest BCUT2D eigenvalue weighted by atomic mass is 16.5. The van der Waals surface area contributed by atoms with E-state index in [9.17, 15) is 14.7 Å². The summed E-state index contributed by atoms with van der Waals surface area (Å²) in [6.07, 6.45) is 2.64. The first-order chi connectivity index (χ1) is 11.9. The largest absolute Gasteiger partial charge is 0.508 e. The van der Waals surface area contributed by atoms with Crippen LogP contribution in [0.4, 0.5) is 0 Å². The summed E-state index contributed by atoms with van der Waals surface area (Å²) in [6.45, 7) is 0. The first kappa shape index (κ1) is 18.1. The fourth-order valence-electron chi connectivity index (χ4n) is 2.27. The van der Waals surface area contributed by atoms with Gasteiger partial charge in [0.15, 0.2) is 17.3 Å². The number of phenols is 1. The fourth-order valence-corrected chi connectivity index (χ4v) is 2.27. The van der Waals surface area contributed by atoms with Crippen LogP contribution in [-0.2, 0) is 11.2 Å². The Hall–Kier alpha value is -3.28. The van der Waals surface area contributed by atoms with Gasteiger partial charge in [-0.15, -0.1) is 0 Å². The molecule has 0 saturated carbocycles. The van der Waals surface area contributed by atoms with E-state index < -0.39 is 5.97 Å². The van der Waals surface area contributed by atoms with Crippen molar-refractivity contribution in [2.45, 2.75) is 6.42 Å². The van der Waals surface area contributed by atoms with Crippen LogP contribution in [0.2, 0.25) is 0 Å². The van der Waals surface area contributed by atoms with Crippen LogP contribution < -0.4 is 9.47 Å². The number of allylic oxidation sites excluding steroid dienone is 1. The molecule has 0 fully saturated rings. The summed E-state index contributed by atoms with van der Waals surface area (Å²) in [5, 5.41) is 18.5. The maximum Gasteiger partial charge on any atom is 0.307 e. The molecule has 0 radical (unpaired) electrons. The van der Waals surface area contributed by atoms with E-state index >= 15 is 0 Å². The van der Waals surface area contributed by atoms with Crippen molar-refractivity contribution in [3.8, 4) is 17.2 Å². The van der Waals surface area contributed by atoms with Crippen molar-refractivity contribution in [3.05, 3.63) is 59.2 Å². The fraction of sp³-hybridized carbons (Fsp3) is 0.158. The minimum Gasteiger partial charge on any atom is -0.508 e. The lowest BCUT2D eigenvalue weighted by molar-refractivity contribution is -0.136. The first-order valence-corrected chi connectivity index (χ1v) is 7.42. The highest BCUT2D eigenvalue weighted by Crippen LogP contribution is 2.28. The summed E-state index contributed by atoms with van der Waals surface area (Å²) in [5.41, 5.74) is 1.24. The molecule has 2 aromatic rings. The van der Waals surface area contributed by atoms with Gasteiger partial charge in [0.25, 0.3) is 0 Å². The number of methoxy groups -OCH3 is 2. The van der Waals surface area contributed by atoms with Gasteiger partial charge in [0.2, 0.25) is 0 Å². The predicted molar refractivity (Wildman–Crippen MR) is 92.4 cm³/mol. The molecule has 0 aromatic heterocycles. The molecule has 0 amide bonds. The Bertz CT molecular complexity index is 823. The molecule has 130 valence electrons. The average Bonchev–Trinajstić information content (AvgIpc) is 2.60. The number of hydrogen-bond acceptors (Lipinski definition) is 5. The van der Waals surface area contributed by atoms with Crippen LogP contribution in [0.1, 0.15) is 21.5 Å². The lowest BCUT2D eigenvalue weighted by Crippen LogP contribution is -2.02. The molecule has 6 heteroatoms. The molecule has 2 rings (SSSR count). The standard InChI is InChI=1S/C19H18O6/c1-24-17-8-4-12(9-18(17)25-2)3-6-15(20)13-5-7-16(21)14(10-13)11-19(22)23/h3-10,21H,11H2,1-2H3,(H,22,23)/b6-3+. The Kier molecular flexibility index (Phi) is 5.79. The van der Waals surface area contributed by atoms with E-state index in [0.29, 0.717) is 17.1 Å². The molecule has 0 aliphatic rings. The monoisotopic (exact) mass is 342 g/mol. The molecule has 2 N–H and O–H groups in total. The van der Waals surface area contributed by atoms with Crippen LogP contribution in [0.5, 0.6) is 17.2 Å². The van der Waals surface area contributed by atoms with Crippen molar-refractivity contribution in [3.63, 3.8) is 0 Å². The number of aliphatic carboxylic acids is 1. The van der Waals surface area contributed by atoms with Crippen molar-refractivity contribution >= 4 is 17.8 Å². The van der Waals surface area contributed by atoms with Gasteiger partial charge in [-0.2, -0.15) is 0 Å². The van der Waals surface area contributed by atoms with Gasteiger partial charge >= 0.3 is 5.97 Å². The molecule has 0 aliphatic carbocycles. The minimum absolute atomic E-state index is 0.150. The highest BCUT2D eigenvalue weighted by molar-refractivity contribution is 6.07. The summed E-state index contributed by atoms with van der Waals surface area (Å²) < 4.78 is 10.4. The van der Waals surface area contributed by atoms with Crippen LogP contribution in [0.3, 0.4) is 0 Å². The average molecular weight is 342 g/mol. The molecule has 0 saturated heterocycles. The maximum atomic E-state index is 12.3. The topological polar surface area (TPSA) is 93.1 Å². The second-order valence-electron chi connectivity index (χ2n) is 5.23. The Morgan fingerprint density at radius 2 is 1.76 bits per heavy atom. The van der Waals surface area contributed by atoms with Crippen LogP contribution in [0.25, 0.3) is 6.08 Å². The Labute approximate surface area is 144 Å². The second-order valence-corrected chi connectivity index (χ2v) is 5.23. The van der Waals surface area contributed by atoms with Crippen molar-refractivity contribution in [1.29, 1.82) is 0 Å². The normalized spacial score (nSPS) is 10.6. The van der Waals surface area contributed by atoms with E-state index in [0.717, 1.165) is 5.56 Å². The van der Waals surface area contributed by atoms with Gasteiger partial charge in [-0.25, -0.2) is 0 Å². The third-order valence-electron chi connectivity index (χ3n) is 3.54. The summed E-state index contributed by atoms with van der Waals surface area (Å²) in [6, 6.07) is 9.38. The van der Waals surface area contributed by atoms with Crippen molar-refractivity contribution in [2.75, 3.05) is 14.2 Å². The van der Waals surface area contributed by atoms with Gasteiger partial charge in [0.05, 0.1) is 20.6 Å². The van der Waals surface area contributed by atoms with E-state index in [1.54, 1.807) is 24.3 Å². The molecule has 25 heavy (non-hydrogen) atoms. The van der Waals surface area contributed by atoms with Crippen molar-refractivity contribution in [1.82, 2.24) is 0 Å². The van der Waals surface area contributed by atoms with Crippen LogP contribution in [0.15, 0.2) is 42.5 Å². The second kappa shape index (κ2) is 8.01. The number of hydrogen-bond donors (Lipinski definition) is 2. The van der Waals surface area contributed by atoms with Gasteiger partial charge in [-0.1, -0.05) is 12.1 Å². The van der Waals surface area contributed by atoms with Crippen LogP contribution >= 0.6 is 0 Å². The van der Waals surface area contributed by atoms with E-state index in [1.807, 2.05) is 0 Å². The molecule has 0 unspecified atom stereocenters. The molecule has 0 atom stereocenters. The molecule has 0 heterocycles. The number of ketones is 1. The third kappa shape index (κ3) is 4.60. The Balaban J connectivity index is 2.21. The number of rotatable bonds is 7. The van der Waals surface area contributed by atoms with E-state index in [2.05, 4.69) is 0 Å². The zero-order valence-corrected chi connectivity index (χ0v) is 13.9. The lowest BCUT2D eigenvalue weighted by atomic mass is 10.0. The maximum absolute atomic E-state index is 12.3. The molecule has 0 spiro atoms. The van der Waals surface area contributed by atoms with Crippen LogP contribution in [0, 0.1) is 0 Å². The van der Waals surface area contributed by atoms with Gasteiger partial charge < -0.3 is 19.7 Å². The van der Waals surface area contributed by atoms with Crippen molar-refractivity contribution in [2.24, 2.45) is 0 Å². The number of aromatic hydroxyl groups is 1. The number of carbonyl (C=O) groups excluding carboxylic acids is 1. The molecule has 2 aromatic carbocycles. The van der Waals surface area contributed by atoms with E-state index in [-0.39, 0.29) is 23.5 Å². The first-order valence-electron chi connectivity index (χ1n) is 7.42. The van der Waals surface area contributed by atoms with Crippen LogP contribution in [-0.4, -0.2) is 36.2 Å². The van der Waals surface area contributed by atoms with Gasteiger partial charge in [-0.05, 0) is 42.0 Å². The van der Waals surface area contributed by atoms with E-state index in [4.69, 9.17) is 14.6 Å². The smallest absolute Gasteiger partial charge is 0.307 e. The number of ether oxygens (including phenoxy) is 2. The number of carboxylic acid groups (broad SMARTS) is 1. The third-order valence-corrected chi connectivity index (χ3v) is 3.54. The van der Waals surface area contributed by atoms with Crippen molar-refractivity contribution < 1.29 is 29.3 Å². The Morgan fingerprint density at radius 1 is 1.04 bits per heavy atom. The number of carboxylic acids is 1. The predicted octanol–water partition coefficient (Wildman–Crippen LogP) is 2.93. The molecular weight excluding hydrogens is 324 g/mol.